The molecule has 0 aliphatic heterocycles. The number of nitrogens with two attached hydrogens (primary N) is 1. The van der Waals surface area contributed by atoms with Crippen LogP contribution in [0.4, 0.5) is 4.39 Å². The number of benzene rings is 1. The molecule has 90 valence electrons. The Balaban J connectivity index is 2.27. The molecule has 0 saturated heterocycles. The summed E-state index contributed by atoms with van der Waals surface area (Å²) in [5.74, 6) is -0.442. The lowest BCUT2D eigenvalue weighted by Gasteiger charge is -1.99. The van der Waals surface area contributed by atoms with Gasteiger partial charge in [-0.25, -0.2) is 4.39 Å². The first-order valence-electron chi connectivity index (χ1n) is 5.19. The van der Waals surface area contributed by atoms with Gasteiger partial charge in [-0.1, -0.05) is 35.1 Å². The van der Waals surface area contributed by atoms with Crippen LogP contribution in [0.3, 0.4) is 0 Å². The summed E-state index contributed by atoms with van der Waals surface area (Å²) in [6.07, 6.45) is 1.66. The molecule has 6 heteroatoms. The molecule has 2 aromatic rings. The van der Waals surface area contributed by atoms with Crippen LogP contribution < -0.4 is 5.73 Å². The molecule has 0 unspecified atom stereocenters. The van der Waals surface area contributed by atoms with Crippen LogP contribution in [-0.2, 0) is 6.42 Å². The van der Waals surface area contributed by atoms with Gasteiger partial charge < -0.3 is 5.73 Å². The Bertz CT molecular complexity index is 515. The lowest BCUT2D eigenvalue weighted by atomic mass is 10.2. The minimum absolute atomic E-state index is 0.0917. The lowest BCUT2D eigenvalue weighted by Crippen LogP contribution is -1.99. The number of rotatable bonds is 4. The van der Waals surface area contributed by atoms with Crippen LogP contribution in [0, 0.1) is 5.82 Å². The highest BCUT2D eigenvalue weighted by molar-refractivity contribution is 7.14. The molecule has 0 atom stereocenters. The minimum Gasteiger partial charge on any atom is -0.330 e. The highest BCUT2D eigenvalue weighted by Gasteiger charge is 2.12. The summed E-state index contributed by atoms with van der Waals surface area (Å²) in [5.41, 5.74) is 6.01. The molecule has 0 radical (unpaired) electrons. The van der Waals surface area contributed by atoms with E-state index in [1.165, 1.54) is 17.4 Å². The van der Waals surface area contributed by atoms with Crippen molar-refractivity contribution in [2.24, 2.45) is 5.73 Å². The average molecular weight is 272 g/mol. The second-order valence-corrected chi connectivity index (χ2v) is 4.93. The lowest BCUT2D eigenvalue weighted by molar-refractivity contribution is 0.628. The third-order valence-electron chi connectivity index (χ3n) is 2.24. The van der Waals surface area contributed by atoms with E-state index in [2.05, 4.69) is 10.2 Å². The molecular formula is C11H11ClFN3S. The highest BCUT2D eigenvalue weighted by Crippen LogP contribution is 2.31. The Hall–Kier alpha value is -1.04. The molecule has 0 saturated carbocycles. The summed E-state index contributed by atoms with van der Waals surface area (Å²) >= 11 is 7.31. The van der Waals surface area contributed by atoms with Gasteiger partial charge in [0.2, 0.25) is 0 Å². The fourth-order valence-corrected chi connectivity index (χ4v) is 2.57. The van der Waals surface area contributed by atoms with E-state index in [-0.39, 0.29) is 5.02 Å². The summed E-state index contributed by atoms with van der Waals surface area (Å²) in [6.45, 7) is 0.621. The monoisotopic (exact) mass is 271 g/mol. The van der Waals surface area contributed by atoms with Crippen molar-refractivity contribution in [3.05, 3.63) is 34.0 Å². The van der Waals surface area contributed by atoms with Gasteiger partial charge >= 0.3 is 0 Å². The third-order valence-corrected chi connectivity index (χ3v) is 3.64. The summed E-state index contributed by atoms with van der Waals surface area (Å²) in [5, 5.41) is 9.68. The van der Waals surface area contributed by atoms with Gasteiger partial charge in [0.15, 0.2) is 0 Å². The van der Waals surface area contributed by atoms with Gasteiger partial charge in [-0.2, -0.15) is 0 Å². The van der Waals surface area contributed by atoms with Crippen LogP contribution >= 0.6 is 22.9 Å². The van der Waals surface area contributed by atoms with E-state index in [0.717, 1.165) is 17.8 Å². The molecule has 0 aliphatic rings. The van der Waals surface area contributed by atoms with E-state index >= 15 is 0 Å². The molecule has 2 N–H and O–H groups in total. The second kappa shape index (κ2) is 5.53. The summed E-state index contributed by atoms with van der Waals surface area (Å²) in [7, 11) is 0. The quantitative estimate of drug-likeness (QED) is 0.930. The SMILES string of the molecule is NCCCc1nnc(-c2cccc(F)c2Cl)s1. The van der Waals surface area contributed by atoms with Crippen LogP contribution in [0.25, 0.3) is 10.6 Å². The van der Waals surface area contributed by atoms with Crippen molar-refractivity contribution < 1.29 is 4.39 Å². The maximum atomic E-state index is 13.3. The zero-order chi connectivity index (χ0) is 12.3. The molecule has 17 heavy (non-hydrogen) atoms. The Morgan fingerprint density at radius 1 is 1.35 bits per heavy atom. The number of hydrogen-bond acceptors (Lipinski definition) is 4. The van der Waals surface area contributed by atoms with E-state index in [9.17, 15) is 4.39 Å². The van der Waals surface area contributed by atoms with Gasteiger partial charge in [-0.15, -0.1) is 10.2 Å². The van der Waals surface area contributed by atoms with Gasteiger partial charge in [0.05, 0.1) is 5.02 Å². The molecule has 1 heterocycles. The summed E-state index contributed by atoms with van der Waals surface area (Å²) in [4.78, 5) is 0. The topological polar surface area (TPSA) is 51.8 Å². The second-order valence-electron chi connectivity index (χ2n) is 3.49. The summed E-state index contributed by atoms with van der Waals surface area (Å²) < 4.78 is 13.3. The Morgan fingerprint density at radius 2 is 2.18 bits per heavy atom. The molecule has 0 bridgehead atoms. The fraction of sp³-hybridized carbons (Fsp3) is 0.273. The maximum Gasteiger partial charge on any atom is 0.149 e. The van der Waals surface area contributed by atoms with Gasteiger partial charge in [0, 0.05) is 12.0 Å². The van der Waals surface area contributed by atoms with Crippen molar-refractivity contribution in [3.8, 4) is 10.6 Å². The van der Waals surface area contributed by atoms with Crippen LogP contribution in [0.2, 0.25) is 5.02 Å². The Morgan fingerprint density at radius 3 is 2.94 bits per heavy atom. The molecule has 0 fully saturated rings. The van der Waals surface area contributed by atoms with E-state index in [1.54, 1.807) is 12.1 Å². The molecule has 2 rings (SSSR count). The zero-order valence-electron chi connectivity index (χ0n) is 8.99. The normalized spacial score (nSPS) is 10.8. The average Bonchev–Trinajstić information content (AvgIpc) is 2.78. The van der Waals surface area contributed by atoms with Gasteiger partial charge in [0.1, 0.15) is 15.8 Å². The highest BCUT2D eigenvalue weighted by atomic mass is 35.5. The van der Waals surface area contributed by atoms with Crippen molar-refractivity contribution in [2.45, 2.75) is 12.8 Å². The first-order valence-corrected chi connectivity index (χ1v) is 6.38. The number of hydrogen-bond donors (Lipinski definition) is 1. The zero-order valence-corrected chi connectivity index (χ0v) is 10.6. The molecule has 1 aromatic carbocycles. The standard InChI is InChI=1S/C11H11ClFN3S/c12-10-7(3-1-4-8(10)13)11-16-15-9(17-11)5-2-6-14/h1,3-4H,2,5-6,14H2. The van der Waals surface area contributed by atoms with Crippen LogP contribution in [0.1, 0.15) is 11.4 Å². The molecular weight excluding hydrogens is 261 g/mol. The van der Waals surface area contributed by atoms with Crippen molar-refractivity contribution in [2.75, 3.05) is 6.54 Å². The van der Waals surface area contributed by atoms with E-state index in [4.69, 9.17) is 17.3 Å². The smallest absolute Gasteiger partial charge is 0.149 e. The molecule has 3 nitrogen and oxygen atoms in total. The van der Waals surface area contributed by atoms with Crippen LogP contribution in [-0.4, -0.2) is 16.7 Å². The van der Waals surface area contributed by atoms with E-state index in [1.807, 2.05) is 0 Å². The largest absolute Gasteiger partial charge is 0.330 e. The molecule has 0 aliphatic carbocycles. The number of nitrogens with zero attached hydrogens (tertiary/aromatic N) is 2. The van der Waals surface area contributed by atoms with Crippen LogP contribution in [0.5, 0.6) is 0 Å². The fourth-order valence-electron chi connectivity index (χ4n) is 1.39. The molecule has 0 spiro atoms. The van der Waals surface area contributed by atoms with Crippen molar-refractivity contribution in [1.82, 2.24) is 10.2 Å². The van der Waals surface area contributed by atoms with Gasteiger partial charge in [-0.05, 0) is 19.0 Å². The van der Waals surface area contributed by atoms with Crippen LogP contribution in [0.15, 0.2) is 18.2 Å². The third kappa shape index (κ3) is 2.80. The van der Waals surface area contributed by atoms with Crippen molar-refractivity contribution >= 4 is 22.9 Å². The van der Waals surface area contributed by atoms with Gasteiger partial charge in [0.25, 0.3) is 0 Å². The van der Waals surface area contributed by atoms with Crippen molar-refractivity contribution in [1.29, 1.82) is 0 Å². The first kappa shape index (κ1) is 12.4. The minimum atomic E-state index is -0.442. The maximum absolute atomic E-state index is 13.3. The number of aryl methyl sites for hydroxylation is 1. The van der Waals surface area contributed by atoms with E-state index in [0.29, 0.717) is 17.1 Å². The number of halogens is 2. The Labute approximate surface area is 107 Å². The first-order chi connectivity index (χ1) is 8.22. The Kier molecular flexibility index (Phi) is 4.04. The predicted octanol–water partition coefficient (Wildman–Crippen LogP) is 2.89. The van der Waals surface area contributed by atoms with E-state index < -0.39 is 5.82 Å². The van der Waals surface area contributed by atoms with Crippen molar-refractivity contribution in [3.63, 3.8) is 0 Å². The molecule has 1 aromatic heterocycles. The van der Waals surface area contributed by atoms with Gasteiger partial charge in [-0.3, -0.25) is 0 Å². The number of aromatic nitrogens is 2. The predicted molar refractivity (Wildman–Crippen MR) is 67.7 cm³/mol. The summed E-state index contributed by atoms with van der Waals surface area (Å²) in [6, 6.07) is 4.67. The molecule has 0 amide bonds.